The van der Waals surface area contributed by atoms with E-state index in [4.69, 9.17) is 26.3 Å². The minimum Gasteiger partial charge on any atom is -0.497 e. The van der Waals surface area contributed by atoms with E-state index < -0.39 is 0 Å². The van der Waals surface area contributed by atoms with Crippen molar-refractivity contribution < 1.29 is 4.74 Å². The smallest absolute Gasteiger partial charge is 0.129 e. The van der Waals surface area contributed by atoms with Gasteiger partial charge in [0.1, 0.15) is 11.6 Å². The lowest BCUT2D eigenvalue weighted by atomic mass is 10.0. The van der Waals surface area contributed by atoms with Crippen LogP contribution in [0.4, 0.5) is 0 Å². The number of aryl methyl sites for hydroxylation is 1. The molecule has 0 saturated heterocycles. The molecule has 0 atom stereocenters. The number of nitrogens with zero attached hydrogens (tertiary/aromatic N) is 3. The average molecular weight is 408 g/mol. The van der Waals surface area contributed by atoms with Gasteiger partial charge >= 0.3 is 0 Å². The van der Waals surface area contributed by atoms with Crippen molar-refractivity contribution in [3.05, 3.63) is 76.2 Å². The number of methoxy groups -OCH3 is 1. The topological polar surface area (TPSA) is 38.2 Å². The van der Waals surface area contributed by atoms with Crippen LogP contribution in [0.2, 0.25) is 5.02 Å². The maximum Gasteiger partial charge on any atom is 0.129 e. The maximum atomic E-state index is 6.10. The summed E-state index contributed by atoms with van der Waals surface area (Å²) >= 11 is 6.10. The van der Waals surface area contributed by atoms with Crippen LogP contribution in [0.5, 0.6) is 5.75 Å². The van der Waals surface area contributed by atoms with Gasteiger partial charge in [-0.25, -0.2) is 9.97 Å². The number of rotatable bonds is 5. The Morgan fingerprint density at radius 3 is 2.38 bits per heavy atom. The van der Waals surface area contributed by atoms with E-state index in [0.29, 0.717) is 0 Å². The molecule has 0 spiro atoms. The van der Waals surface area contributed by atoms with Gasteiger partial charge in [0.05, 0.1) is 12.8 Å². The van der Waals surface area contributed by atoms with Gasteiger partial charge in [0.15, 0.2) is 0 Å². The zero-order valence-electron chi connectivity index (χ0n) is 17.0. The summed E-state index contributed by atoms with van der Waals surface area (Å²) in [4.78, 5) is 12.3. The van der Waals surface area contributed by atoms with Crippen LogP contribution in [-0.2, 0) is 25.8 Å². The van der Waals surface area contributed by atoms with Crippen LogP contribution in [0.3, 0.4) is 0 Å². The Bertz CT molecular complexity index is 971. The van der Waals surface area contributed by atoms with Crippen LogP contribution in [0, 0.1) is 0 Å². The van der Waals surface area contributed by atoms with Gasteiger partial charge in [-0.15, -0.1) is 0 Å². The Kier molecular flexibility index (Phi) is 6.12. The normalized spacial score (nSPS) is 14.3. The second-order valence-electron chi connectivity index (χ2n) is 7.40. The van der Waals surface area contributed by atoms with E-state index >= 15 is 0 Å². The standard InChI is InChI=1S/C24H26ClN3O/c1-3-23-26-22-13-15-28(16-17-4-10-20(29-2)11-5-17)14-12-21(22)24(27-23)18-6-8-19(25)9-7-18/h4-11H,3,12-16H2,1-2H3. The molecule has 0 bridgehead atoms. The quantitative estimate of drug-likeness (QED) is 0.598. The largest absolute Gasteiger partial charge is 0.497 e. The first-order valence-electron chi connectivity index (χ1n) is 10.2. The highest BCUT2D eigenvalue weighted by Crippen LogP contribution is 2.28. The number of ether oxygens (including phenoxy) is 1. The number of fused-ring (bicyclic) bond motifs is 1. The van der Waals surface area contributed by atoms with Crippen molar-refractivity contribution in [2.24, 2.45) is 0 Å². The van der Waals surface area contributed by atoms with Gasteiger partial charge in [0.2, 0.25) is 0 Å². The Hall–Kier alpha value is -2.43. The van der Waals surface area contributed by atoms with Gasteiger partial charge in [-0.1, -0.05) is 42.8 Å². The van der Waals surface area contributed by atoms with Crippen LogP contribution < -0.4 is 4.74 Å². The molecule has 4 nitrogen and oxygen atoms in total. The minimum atomic E-state index is 0.746. The van der Waals surface area contributed by atoms with E-state index in [2.05, 4.69) is 36.1 Å². The highest BCUT2D eigenvalue weighted by Gasteiger charge is 2.21. The van der Waals surface area contributed by atoms with Crippen molar-refractivity contribution in [3.8, 4) is 17.0 Å². The summed E-state index contributed by atoms with van der Waals surface area (Å²) in [5.74, 6) is 1.81. The molecule has 1 aliphatic heterocycles. The predicted octanol–water partition coefficient (Wildman–Crippen LogP) is 4.97. The van der Waals surface area contributed by atoms with Crippen LogP contribution in [0.15, 0.2) is 48.5 Å². The number of halogens is 1. The lowest BCUT2D eigenvalue weighted by Gasteiger charge is -2.19. The van der Waals surface area contributed by atoms with Gasteiger partial charge in [0.25, 0.3) is 0 Å². The number of aromatic nitrogens is 2. The maximum absolute atomic E-state index is 6.10. The van der Waals surface area contributed by atoms with E-state index in [1.807, 2.05) is 24.3 Å². The number of hydrogen-bond donors (Lipinski definition) is 0. The van der Waals surface area contributed by atoms with Crippen molar-refractivity contribution in [2.75, 3.05) is 20.2 Å². The monoisotopic (exact) mass is 407 g/mol. The molecule has 4 rings (SSSR count). The third-order valence-corrected chi connectivity index (χ3v) is 5.73. The van der Waals surface area contributed by atoms with Gasteiger partial charge in [-0.2, -0.15) is 0 Å². The molecule has 0 unspecified atom stereocenters. The first-order valence-corrected chi connectivity index (χ1v) is 10.5. The molecule has 3 aromatic rings. The van der Waals surface area contributed by atoms with Gasteiger partial charge < -0.3 is 4.74 Å². The van der Waals surface area contributed by atoms with Gasteiger partial charge in [-0.3, -0.25) is 4.90 Å². The van der Waals surface area contributed by atoms with Crippen molar-refractivity contribution in [1.29, 1.82) is 0 Å². The van der Waals surface area contributed by atoms with E-state index in [-0.39, 0.29) is 0 Å². The average Bonchev–Trinajstić information content (AvgIpc) is 2.96. The SMILES string of the molecule is CCc1nc2c(c(-c3ccc(Cl)cc3)n1)CCN(Cc1ccc(OC)cc1)CC2. The Morgan fingerprint density at radius 1 is 0.966 bits per heavy atom. The Morgan fingerprint density at radius 2 is 1.69 bits per heavy atom. The molecule has 0 saturated carbocycles. The Balaban J connectivity index is 1.58. The van der Waals surface area contributed by atoms with E-state index in [9.17, 15) is 0 Å². The van der Waals surface area contributed by atoms with E-state index in [1.165, 1.54) is 16.8 Å². The number of benzene rings is 2. The summed E-state index contributed by atoms with van der Waals surface area (Å²) in [6, 6.07) is 16.3. The summed E-state index contributed by atoms with van der Waals surface area (Å²) in [7, 11) is 1.70. The summed E-state index contributed by atoms with van der Waals surface area (Å²) in [6.07, 6.45) is 2.73. The first-order chi connectivity index (χ1) is 14.2. The van der Waals surface area contributed by atoms with Crippen molar-refractivity contribution in [1.82, 2.24) is 14.9 Å². The fourth-order valence-electron chi connectivity index (χ4n) is 3.85. The fraction of sp³-hybridized carbons (Fsp3) is 0.333. The summed E-state index contributed by atoms with van der Waals surface area (Å²) < 4.78 is 5.27. The highest BCUT2D eigenvalue weighted by atomic mass is 35.5. The third-order valence-electron chi connectivity index (χ3n) is 5.48. The lowest BCUT2D eigenvalue weighted by molar-refractivity contribution is 0.279. The second-order valence-corrected chi connectivity index (χ2v) is 7.83. The molecule has 2 aromatic carbocycles. The summed E-state index contributed by atoms with van der Waals surface area (Å²) in [6.45, 7) is 5.04. The van der Waals surface area contributed by atoms with Crippen LogP contribution in [0.25, 0.3) is 11.3 Å². The summed E-state index contributed by atoms with van der Waals surface area (Å²) in [5.41, 5.74) is 5.96. The molecule has 1 aliphatic rings. The molecule has 150 valence electrons. The first kappa shape index (κ1) is 19.9. The molecule has 29 heavy (non-hydrogen) atoms. The molecule has 2 heterocycles. The van der Waals surface area contributed by atoms with E-state index in [0.717, 1.165) is 66.8 Å². The molecule has 1 aromatic heterocycles. The Labute approximate surface area is 177 Å². The lowest BCUT2D eigenvalue weighted by Crippen LogP contribution is -2.25. The molecule has 0 aliphatic carbocycles. The van der Waals surface area contributed by atoms with E-state index in [1.54, 1.807) is 7.11 Å². The molecular formula is C24H26ClN3O. The van der Waals surface area contributed by atoms with Crippen molar-refractivity contribution in [3.63, 3.8) is 0 Å². The van der Waals surface area contributed by atoms with Crippen LogP contribution in [-0.4, -0.2) is 35.1 Å². The predicted molar refractivity (Wildman–Crippen MR) is 118 cm³/mol. The fourth-order valence-corrected chi connectivity index (χ4v) is 3.97. The molecular weight excluding hydrogens is 382 g/mol. The molecule has 0 radical (unpaired) electrons. The molecule has 0 amide bonds. The zero-order valence-corrected chi connectivity index (χ0v) is 17.7. The second kappa shape index (κ2) is 8.93. The molecule has 5 heteroatoms. The van der Waals surface area contributed by atoms with Crippen LogP contribution in [0.1, 0.15) is 29.6 Å². The zero-order chi connectivity index (χ0) is 20.2. The number of hydrogen-bond acceptors (Lipinski definition) is 4. The molecule has 0 fully saturated rings. The van der Waals surface area contributed by atoms with Gasteiger partial charge in [-0.05, 0) is 36.2 Å². The third kappa shape index (κ3) is 4.60. The van der Waals surface area contributed by atoms with Crippen LogP contribution >= 0.6 is 11.6 Å². The summed E-state index contributed by atoms with van der Waals surface area (Å²) in [5, 5.41) is 0.746. The highest BCUT2D eigenvalue weighted by molar-refractivity contribution is 6.30. The van der Waals surface area contributed by atoms with Crippen molar-refractivity contribution >= 4 is 11.6 Å². The minimum absolute atomic E-state index is 0.746. The van der Waals surface area contributed by atoms with Gasteiger partial charge in [0, 0.05) is 54.3 Å². The molecule has 0 N–H and O–H groups in total. The van der Waals surface area contributed by atoms with Crippen molar-refractivity contribution in [2.45, 2.75) is 32.7 Å².